The second-order valence-electron chi connectivity index (χ2n) is 1.63. The third-order valence-corrected chi connectivity index (χ3v) is 1.20. The molecule has 0 aliphatic heterocycles. The van der Waals surface area contributed by atoms with Gasteiger partial charge in [0.2, 0.25) is 4.73 Å². The molecule has 1 heterocycles. The van der Waals surface area contributed by atoms with Crippen molar-refractivity contribution in [1.82, 2.24) is 14.8 Å². The number of aromatic nitrogens is 3. The maximum absolute atomic E-state index is 11.6. The summed E-state index contributed by atoms with van der Waals surface area (Å²) in [6.07, 6.45) is -1.13. The summed E-state index contributed by atoms with van der Waals surface area (Å²) >= 11 is 2.93. The number of nitrogens with zero attached hydrogens (tertiary/aromatic N) is 3. The quantitative estimate of drug-likeness (QED) is 0.739. The van der Waals surface area contributed by atoms with Gasteiger partial charge >= 0.3 is 0 Å². The van der Waals surface area contributed by atoms with Gasteiger partial charge in [0.1, 0.15) is 12.9 Å². The molecule has 56 valence electrons. The van der Waals surface area contributed by atoms with Gasteiger partial charge in [0, 0.05) is 0 Å². The molecule has 0 amide bonds. The zero-order valence-corrected chi connectivity index (χ0v) is 6.42. The second-order valence-corrected chi connectivity index (χ2v) is 2.34. The molecular weight excluding hydrogens is 208 g/mol. The molecule has 0 N–H and O–H groups in total. The van der Waals surface area contributed by atoms with Crippen molar-refractivity contribution in [1.29, 1.82) is 0 Å². The van der Waals surface area contributed by atoms with Crippen molar-refractivity contribution in [2.45, 2.75) is 13.0 Å². The molecule has 1 aromatic rings. The van der Waals surface area contributed by atoms with Crippen LogP contribution in [0.25, 0.3) is 0 Å². The topological polar surface area (TPSA) is 30.7 Å². The molecule has 3 nitrogen and oxygen atoms in total. The lowest BCUT2D eigenvalue weighted by molar-refractivity contribution is 0.121. The van der Waals surface area contributed by atoms with Crippen molar-refractivity contribution in [2.75, 3.05) is 0 Å². The van der Waals surface area contributed by atoms with Crippen molar-refractivity contribution in [3.63, 3.8) is 0 Å². The summed E-state index contributed by atoms with van der Waals surface area (Å²) in [4.78, 5) is 3.60. The minimum atomic E-state index is -2.38. The molecule has 0 unspecified atom stereocenters. The van der Waals surface area contributed by atoms with Crippen LogP contribution in [0, 0.1) is 0 Å². The molecule has 0 aliphatic rings. The molecule has 0 fully saturated rings. The van der Waals surface area contributed by atoms with Crippen LogP contribution in [0.4, 0.5) is 8.78 Å². The lowest BCUT2D eigenvalue weighted by atomic mass is 10.7. The van der Waals surface area contributed by atoms with Gasteiger partial charge in [-0.1, -0.05) is 0 Å². The molecule has 0 aliphatic carbocycles. The number of alkyl halides is 2. The van der Waals surface area contributed by atoms with Gasteiger partial charge in [-0.25, -0.2) is 18.4 Å². The van der Waals surface area contributed by atoms with E-state index in [4.69, 9.17) is 0 Å². The van der Waals surface area contributed by atoms with E-state index >= 15 is 0 Å². The normalized spacial score (nSPS) is 10.8. The summed E-state index contributed by atoms with van der Waals surface area (Å²) in [7, 11) is 0. The maximum atomic E-state index is 11.6. The largest absolute Gasteiger partial charge is 0.257 e. The monoisotopic (exact) mass is 211 g/mol. The SMILES string of the molecule is FC(F)Cn1cnc(Br)n1. The van der Waals surface area contributed by atoms with Crippen LogP contribution in [0.2, 0.25) is 0 Å². The highest BCUT2D eigenvalue weighted by Gasteiger charge is 2.04. The fourth-order valence-electron chi connectivity index (χ4n) is 0.501. The Labute approximate surface area is 64.2 Å². The number of rotatable bonds is 2. The molecule has 0 saturated carbocycles. The van der Waals surface area contributed by atoms with Crippen LogP contribution in [0.1, 0.15) is 0 Å². The van der Waals surface area contributed by atoms with E-state index in [0.717, 1.165) is 4.68 Å². The Morgan fingerprint density at radius 3 is 2.80 bits per heavy atom. The highest BCUT2D eigenvalue weighted by atomic mass is 79.9. The molecule has 1 rings (SSSR count). The molecule has 0 saturated heterocycles. The van der Waals surface area contributed by atoms with Gasteiger partial charge in [-0.05, 0) is 15.9 Å². The molecular formula is C4H4BrF2N3. The van der Waals surface area contributed by atoms with Crippen molar-refractivity contribution in [2.24, 2.45) is 0 Å². The van der Waals surface area contributed by atoms with Gasteiger partial charge in [0.05, 0.1) is 0 Å². The minimum Gasteiger partial charge on any atom is -0.246 e. The highest BCUT2D eigenvalue weighted by molar-refractivity contribution is 9.10. The van der Waals surface area contributed by atoms with Gasteiger partial charge in [-0.3, -0.25) is 0 Å². The van der Waals surface area contributed by atoms with E-state index in [9.17, 15) is 8.78 Å². The van der Waals surface area contributed by atoms with Crippen LogP contribution in [0.15, 0.2) is 11.1 Å². The zero-order chi connectivity index (χ0) is 7.56. The fraction of sp³-hybridized carbons (Fsp3) is 0.500. The zero-order valence-electron chi connectivity index (χ0n) is 4.84. The van der Waals surface area contributed by atoms with Crippen molar-refractivity contribution >= 4 is 15.9 Å². The van der Waals surface area contributed by atoms with Gasteiger partial charge in [-0.2, -0.15) is 0 Å². The number of hydrogen-bond acceptors (Lipinski definition) is 2. The Kier molecular flexibility index (Phi) is 2.31. The summed E-state index contributed by atoms with van der Waals surface area (Å²) in [6.45, 7) is -0.404. The van der Waals surface area contributed by atoms with Crippen LogP contribution in [0.3, 0.4) is 0 Å². The van der Waals surface area contributed by atoms with Crippen LogP contribution in [0.5, 0.6) is 0 Å². The van der Waals surface area contributed by atoms with Crippen molar-refractivity contribution in [3.05, 3.63) is 11.1 Å². The molecule has 0 aromatic carbocycles. The van der Waals surface area contributed by atoms with Crippen molar-refractivity contribution < 1.29 is 8.78 Å². The second kappa shape index (κ2) is 3.05. The van der Waals surface area contributed by atoms with E-state index in [-0.39, 0.29) is 0 Å². The van der Waals surface area contributed by atoms with Gasteiger partial charge in [-0.15, -0.1) is 5.10 Å². The van der Waals surface area contributed by atoms with Crippen LogP contribution < -0.4 is 0 Å². The third-order valence-electron chi connectivity index (χ3n) is 0.834. The average molecular weight is 212 g/mol. The standard InChI is InChI=1S/C4H4BrF2N3/c5-4-8-2-10(9-4)1-3(6)7/h2-3H,1H2. The summed E-state index contributed by atoms with van der Waals surface area (Å²) < 4.78 is 24.7. The molecule has 10 heavy (non-hydrogen) atoms. The fourth-order valence-corrected chi connectivity index (χ4v) is 0.797. The molecule has 1 aromatic heterocycles. The predicted octanol–water partition coefficient (Wildman–Crippen LogP) is 1.31. The maximum Gasteiger partial charge on any atom is 0.257 e. The Morgan fingerprint density at radius 1 is 1.70 bits per heavy atom. The van der Waals surface area contributed by atoms with Gasteiger partial charge in [0.25, 0.3) is 6.43 Å². The van der Waals surface area contributed by atoms with E-state index in [1.165, 1.54) is 6.33 Å². The number of halogens is 3. The molecule has 0 atom stereocenters. The van der Waals surface area contributed by atoms with E-state index in [2.05, 4.69) is 26.0 Å². The van der Waals surface area contributed by atoms with E-state index < -0.39 is 13.0 Å². The summed E-state index contributed by atoms with van der Waals surface area (Å²) in [6, 6.07) is 0. The minimum absolute atomic E-state index is 0.327. The van der Waals surface area contributed by atoms with Crippen LogP contribution in [-0.2, 0) is 6.54 Å². The van der Waals surface area contributed by atoms with E-state index in [1.807, 2.05) is 0 Å². The first-order valence-electron chi connectivity index (χ1n) is 2.51. The van der Waals surface area contributed by atoms with E-state index in [1.54, 1.807) is 0 Å². The molecule has 6 heteroatoms. The van der Waals surface area contributed by atoms with Crippen molar-refractivity contribution in [3.8, 4) is 0 Å². The first-order chi connectivity index (χ1) is 4.68. The Morgan fingerprint density at radius 2 is 2.40 bits per heavy atom. The Hall–Kier alpha value is -0.520. The lowest BCUT2D eigenvalue weighted by Gasteiger charge is -1.95. The first kappa shape index (κ1) is 7.59. The van der Waals surface area contributed by atoms with Crippen LogP contribution >= 0.6 is 15.9 Å². The van der Waals surface area contributed by atoms with Gasteiger partial charge < -0.3 is 0 Å². The van der Waals surface area contributed by atoms with Gasteiger partial charge in [0.15, 0.2) is 0 Å². The summed E-state index contributed by atoms with van der Waals surface area (Å²) in [5.74, 6) is 0. The third kappa shape index (κ3) is 2.02. The highest BCUT2D eigenvalue weighted by Crippen LogP contribution is 2.01. The summed E-state index contributed by atoms with van der Waals surface area (Å²) in [5, 5.41) is 3.59. The van der Waals surface area contributed by atoms with Crippen LogP contribution in [-0.4, -0.2) is 21.2 Å². The average Bonchev–Trinajstić information content (AvgIpc) is 2.13. The molecule has 0 radical (unpaired) electrons. The number of hydrogen-bond donors (Lipinski definition) is 0. The first-order valence-corrected chi connectivity index (χ1v) is 3.31. The Bertz CT molecular complexity index is 212. The van der Waals surface area contributed by atoms with E-state index in [0.29, 0.717) is 4.73 Å². The predicted molar refractivity (Wildman–Crippen MR) is 33.7 cm³/mol. The lowest BCUT2D eigenvalue weighted by Crippen LogP contribution is -2.06. The molecule has 0 spiro atoms. The molecule has 0 bridgehead atoms. The smallest absolute Gasteiger partial charge is 0.246 e. The Balaban J connectivity index is 2.58. The summed E-state index contributed by atoms with van der Waals surface area (Å²) in [5.41, 5.74) is 0.